The van der Waals surface area contributed by atoms with Crippen molar-refractivity contribution in [1.82, 2.24) is 24.8 Å². The second kappa shape index (κ2) is 9.05. The Labute approximate surface area is 177 Å². The number of piperazine rings is 1. The largest absolute Gasteiger partial charge is 0.335 e. The van der Waals surface area contributed by atoms with Crippen LogP contribution in [0.25, 0.3) is 11.8 Å². The second-order valence-electron chi connectivity index (χ2n) is 7.68. The van der Waals surface area contributed by atoms with Crippen LogP contribution in [0.4, 0.5) is 0 Å². The lowest BCUT2D eigenvalue weighted by Gasteiger charge is -2.33. The lowest BCUT2D eigenvalue weighted by Crippen LogP contribution is -2.48. The van der Waals surface area contributed by atoms with E-state index in [9.17, 15) is 4.79 Å². The van der Waals surface area contributed by atoms with E-state index >= 15 is 0 Å². The molecule has 1 amide bonds. The van der Waals surface area contributed by atoms with Crippen LogP contribution in [0.15, 0.2) is 60.7 Å². The highest BCUT2D eigenvalue weighted by Crippen LogP contribution is 2.15. The van der Waals surface area contributed by atoms with Gasteiger partial charge in [-0.3, -0.25) is 9.69 Å². The van der Waals surface area contributed by atoms with E-state index < -0.39 is 0 Å². The molecule has 0 spiro atoms. The summed E-state index contributed by atoms with van der Waals surface area (Å²) in [5.74, 6) is -0.0367. The Kier molecular flexibility index (Phi) is 6.05. The molecule has 1 aromatic heterocycles. The maximum atomic E-state index is 13.0. The zero-order chi connectivity index (χ0) is 20.9. The Morgan fingerprint density at radius 1 is 0.967 bits per heavy atom. The molecule has 6 nitrogen and oxygen atoms in total. The lowest BCUT2D eigenvalue weighted by atomic mass is 10.2. The molecule has 1 aliphatic rings. The molecule has 0 atom stereocenters. The molecular formula is C24H27N5O. The highest BCUT2D eigenvalue weighted by atomic mass is 16.2. The molecule has 0 aliphatic carbocycles. The third kappa shape index (κ3) is 4.49. The molecule has 1 saturated heterocycles. The molecule has 0 N–H and O–H groups in total. The minimum absolute atomic E-state index is 0.0367. The van der Waals surface area contributed by atoms with Gasteiger partial charge in [0.2, 0.25) is 0 Å². The first kappa shape index (κ1) is 20.0. The number of hydrogen-bond acceptors (Lipinski definition) is 4. The van der Waals surface area contributed by atoms with E-state index in [1.165, 1.54) is 11.1 Å². The minimum atomic E-state index is -0.0367. The van der Waals surface area contributed by atoms with E-state index in [1.807, 2.05) is 61.2 Å². The summed E-state index contributed by atoms with van der Waals surface area (Å²) in [4.78, 5) is 17.2. The predicted molar refractivity (Wildman–Crippen MR) is 119 cm³/mol. The van der Waals surface area contributed by atoms with Gasteiger partial charge in [0.1, 0.15) is 0 Å². The number of benzene rings is 2. The van der Waals surface area contributed by atoms with Crippen LogP contribution in [-0.2, 0) is 0 Å². The first-order valence-electron chi connectivity index (χ1n) is 10.3. The van der Waals surface area contributed by atoms with Crippen LogP contribution in [-0.4, -0.2) is 63.4 Å². The molecule has 0 bridgehead atoms. The van der Waals surface area contributed by atoms with Gasteiger partial charge in [-0.1, -0.05) is 65.4 Å². The van der Waals surface area contributed by atoms with Crippen molar-refractivity contribution in [2.24, 2.45) is 0 Å². The van der Waals surface area contributed by atoms with Crippen LogP contribution < -0.4 is 0 Å². The van der Waals surface area contributed by atoms with Crippen LogP contribution in [0.1, 0.15) is 27.3 Å². The number of nitrogens with zero attached hydrogens (tertiary/aromatic N) is 5. The van der Waals surface area contributed by atoms with Gasteiger partial charge in [-0.05, 0) is 31.5 Å². The average molecular weight is 402 g/mol. The van der Waals surface area contributed by atoms with E-state index in [4.69, 9.17) is 0 Å². The van der Waals surface area contributed by atoms with Crippen LogP contribution >= 0.6 is 0 Å². The monoisotopic (exact) mass is 401 g/mol. The average Bonchev–Trinajstić information content (AvgIpc) is 3.16. The van der Waals surface area contributed by atoms with Gasteiger partial charge in [0.05, 0.1) is 11.4 Å². The van der Waals surface area contributed by atoms with E-state index in [2.05, 4.69) is 39.5 Å². The molecule has 1 fully saturated rings. The molecule has 2 aromatic carbocycles. The number of rotatable bonds is 5. The Bertz CT molecular complexity index is 1020. The van der Waals surface area contributed by atoms with Crippen LogP contribution in [0.5, 0.6) is 0 Å². The second-order valence-corrected chi connectivity index (χ2v) is 7.68. The molecule has 0 saturated carbocycles. The van der Waals surface area contributed by atoms with Crippen molar-refractivity contribution in [3.05, 3.63) is 83.2 Å². The fraction of sp³-hybridized carbons (Fsp3) is 0.292. The number of hydrogen-bond donors (Lipinski definition) is 0. The number of carbonyl (C=O) groups is 1. The summed E-state index contributed by atoms with van der Waals surface area (Å²) < 4.78 is 1.73. The van der Waals surface area contributed by atoms with Gasteiger partial charge >= 0.3 is 0 Å². The van der Waals surface area contributed by atoms with Crippen molar-refractivity contribution in [1.29, 1.82) is 0 Å². The lowest BCUT2D eigenvalue weighted by molar-refractivity contribution is 0.0643. The van der Waals surface area contributed by atoms with Gasteiger partial charge in [-0.2, -0.15) is 0 Å². The molecule has 2 heterocycles. The number of amides is 1. The van der Waals surface area contributed by atoms with Gasteiger partial charge in [0.15, 0.2) is 5.69 Å². The summed E-state index contributed by atoms with van der Waals surface area (Å²) in [7, 11) is 0. The summed E-state index contributed by atoms with van der Waals surface area (Å²) in [5.41, 5.74) is 4.52. The molecule has 0 unspecified atom stereocenters. The summed E-state index contributed by atoms with van der Waals surface area (Å²) in [6.45, 7) is 7.96. The van der Waals surface area contributed by atoms with E-state index in [-0.39, 0.29) is 5.91 Å². The van der Waals surface area contributed by atoms with Crippen molar-refractivity contribution in [3.8, 4) is 5.69 Å². The van der Waals surface area contributed by atoms with Crippen LogP contribution in [0.2, 0.25) is 0 Å². The Morgan fingerprint density at radius 3 is 2.37 bits per heavy atom. The standard InChI is InChI=1S/C24H27N5O/c1-19-10-12-22(13-11-19)29-20(2)23(25-26-29)24(30)28-17-15-27(16-18-28)14-6-9-21-7-4-3-5-8-21/h3-13H,14-18H2,1-2H3. The maximum absolute atomic E-state index is 13.0. The van der Waals surface area contributed by atoms with Gasteiger partial charge in [0, 0.05) is 32.7 Å². The highest BCUT2D eigenvalue weighted by molar-refractivity contribution is 5.93. The molecule has 1 aliphatic heterocycles. The molecule has 0 radical (unpaired) electrons. The molecule has 4 rings (SSSR count). The van der Waals surface area contributed by atoms with E-state index in [1.54, 1.807) is 4.68 Å². The van der Waals surface area contributed by atoms with Crippen molar-refractivity contribution in [2.75, 3.05) is 32.7 Å². The SMILES string of the molecule is Cc1ccc(-n2nnc(C(=O)N3CCN(CC=Cc4ccccc4)CC3)c2C)cc1. The Morgan fingerprint density at radius 2 is 1.67 bits per heavy atom. The fourth-order valence-electron chi connectivity index (χ4n) is 3.64. The first-order valence-corrected chi connectivity index (χ1v) is 10.3. The van der Waals surface area contributed by atoms with Gasteiger partial charge in [-0.15, -0.1) is 5.10 Å². The van der Waals surface area contributed by atoms with Crippen LogP contribution in [0, 0.1) is 13.8 Å². The summed E-state index contributed by atoms with van der Waals surface area (Å²) in [6.07, 6.45) is 4.33. The quantitative estimate of drug-likeness (QED) is 0.658. The molecule has 3 aromatic rings. The zero-order valence-corrected chi connectivity index (χ0v) is 17.5. The smallest absolute Gasteiger partial charge is 0.276 e. The van der Waals surface area contributed by atoms with Crippen LogP contribution in [0.3, 0.4) is 0 Å². The summed E-state index contributed by atoms with van der Waals surface area (Å²) in [5, 5.41) is 8.40. The number of aromatic nitrogens is 3. The van der Waals surface area contributed by atoms with Crippen molar-refractivity contribution in [2.45, 2.75) is 13.8 Å². The molecule has 154 valence electrons. The normalized spacial score (nSPS) is 15.1. The first-order chi connectivity index (χ1) is 14.6. The third-order valence-electron chi connectivity index (χ3n) is 5.51. The van der Waals surface area contributed by atoms with Gasteiger partial charge in [0.25, 0.3) is 5.91 Å². The summed E-state index contributed by atoms with van der Waals surface area (Å²) in [6, 6.07) is 18.3. The summed E-state index contributed by atoms with van der Waals surface area (Å²) >= 11 is 0. The highest BCUT2D eigenvalue weighted by Gasteiger charge is 2.26. The van der Waals surface area contributed by atoms with Gasteiger partial charge in [-0.25, -0.2) is 4.68 Å². The fourth-order valence-corrected chi connectivity index (χ4v) is 3.64. The van der Waals surface area contributed by atoms with Gasteiger partial charge < -0.3 is 4.90 Å². The maximum Gasteiger partial charge on any atom is 0.276 e. The zero-order valence-electron chi connectivity index (χ0n) is 17.5. The topological polar surface area (TPSA) is 54.3 Å². The molecular weight excluding hydrogens is 374 g/mol. The van der Waals surface area contributed by atoms with Crippen molar-refractivity contribution >= 4 is 12.0 Å². The minimum Gasteiger partial charge on any atom is -0.335 e. The predicted octanol–water partition coefficient (Wildman–Crippen LogP) is 3.36. The molecule has 6 heteroatoms. The third-order valence-corrected chi connectivity index (χ3v) is 5.51. The van der Waals surface area contributed by atoms with Crippen molar-refractivity contribution < 1.29 is 4.79 Å². The Hall–Kier alpha value is -3.25. The number of carbonyl (C=O) groups excluding carboxylic acids is 1. The van der Waals surface area contributed by atoms with Crippen molar-refractivity contribution in [3.63, 3.8) is 0 Å². The Balaban J connectivity index is 1.34. The van der Waals surface area contributed by atoms with E-state index in [0.717, 1.165) is 31.0 Å². The number of aryl methyl sites for hydroxylation is 1. The molecule has 30 heavy (non-hydrogen) atoms. The van der Waals surface area contributed by atoms with E-state index in [0.29, 0.717) is 18.8 Å².